The molecule has 0 bridgehead atoms. The molecule has 2 rings (SSSR count). The van der Waals surface area contributed by atoms with Gasteiger partial charge in [-0.3, -0.25) is 16.0 Å². The van der Waals surface area contributed by atoms with Crippen molar-refractivity contribution >= 4 is 0 Å². The van der Waals surface area contributed by atoms with Gasteiger partial charge in [-0.25, -0.2) is 0 Å². The predicted octanol–water partition coefficient (Wildman–Crippen LogP) is 1.87. The van der Waals surface area contributed by atoms with E-state index in [9.17, 15) is 0 Å². The van der Waals surface area contributed by atoms with Gasteiger partial charge in [0.25, 0.3) is 0 Å². The van der Waals surface area contributed by atoms with Crippen molar-refractivity contribution in [1.82, 2.24) is 15.2 Å². The van der Waals surface area contributed by atoms with Crippen LogP contribution in [0.3, 0.4) is 0 Å². The number of benzene rings is 1. The second-order valence-corrected chi connectivity index (χ2v) is 4.93. The van der Waals surface area contributed by atoms with E-state index in [1.54, 1.807) is 7.11 Å². The van der Waals surface area contributed by atoms with Crippen LogP contribution in [0.15, 0.2) is 30.5 Å². The van der Waals surface area contributed by atoms with Crippen LogP contribution in [0.1, 0.15) is 29.3 Å². The average molecular weight is 274 g/mol. The van der Waals surface area contributed by atoms with Gasteiger partial charge in [-0.15, -0.1) is 0 Å². The Labute approximate surface area is 119 Å². The van der Waals surface area contributed by atoms with Crippen LogP contribution in [0.4, 0.5) is 0 Å². The van der Waals surface area contributed by atoms with E-state index in [-0.39, 0.29) is 6.04 Å². The highest BCUT2D eigenvalue weighted by atomic mass is 16.5. The number of ether oxygens (including phenoxy) is 1. The highest BCUT2D eigenvalue weighted by Crippen LogP contribution is 2.24. The first-order valence-corrected chi connectivity index (χ1v) is 6.73. The fourth-order valence-corrected chi connectivity index (χ4v) is 2.40. The number of rotatable bonds is 6. The van der Waals surface area contributed by atoms with E-state index in [2.05, 4.69) is 22.7 Å². The molecule has 1 aromatic heterocycles. The van der Waals surface area contributed by atoms with Crippen LogP contribution >= 0.6 is 0 Å². The predicted molar refractivity (Wildman–Crippen MR) is 79.3 cm³/mol. The summed E-state index contributed by atoms with van der Waals surface area (Å²) < 4.78 is 7.18. The molecule has 0 spiro atoms. The van der Waals surface area contributed by atoms with E-state index >= 15 is 0 Å². The molecule has 0 saturated heterocycles. The van der Waals surface area contributed by atoms with Gasteiger partial charge in [-0.05, 0) is 43.0 Å². The Bertz CT molecular complexity index is 565. The zero-order valence-electron chi connectivity index (χ0n) is 12.3. The van der Waals surface area contributed by atoms with Crippen LogP contribution in [0.5, 0.6) is 5.75 Å². The van der Waals surface area contributed by atoms with Crippen molar-refractivity contribution in [2.75, 3.05) is 7.11 Å². The number of aryl methyl sites for hydroxylation is 3. The lowest BCUT2D eigenvalue weighted by atomic mass is 9.99. The number of methoxy groups -OCH3 is 1. The summed E-state index contributed by atoms with van der Waals surface area (Å²) in [6.45, 7) is 2.04. The summed E-state index contributed by atoms with van der Waals surface area (Å²) in [6, 6.07) is 8.31. The number of nitrogens with zero attached hydrogens (tertiary/aromatic N) is 2. The summed E-state index contributed by atoms with van der Waals surface area (Å²) >= 11 is 0. The monoisotopic (exact) mass is 274 g/mol. The lowest BCUT2D eigenvalue weighted by Crippen LogP contribution is -2.28. The zero-order chi connectivity index (χ0) is 14.5. The highest BCUT2D eigenvalue weighted by molar-refractivity contribution is 5.37. The lowest BCUT2D eigenvalue weighted by Gasteiger charge is -2.18. The average Bonchev–Trinajstić information content (AvgIpc) is 2.85. The van der Waals surface area contributed by atoms with E-state index in [0.29, 0.717) is 0 Å². The van der Waals surface area contributed by atoms with Crippen molar-refractivity contribution in [3.05, 3.63) is 47.3 Å². The summed E-state index contributed by atoms with van der Waals surface area (Å²) in [5, 5.41) is 4.18. The number of aromatic nitrogens is 2. The van der Waals surface area contributed by atoms with Gasteiger partial charge in [0.05, 0.1) is 7.11 Å². The third-order valence-corrected chi connectivity index (χ3v) is 3.63. The smallest absolute Gasteiger partial charge is 0.121 e. The molecule has 108 valence electrons. The van der Waals surface area contributed by atoms with Crippen LogP contribution in [-0.2, 0) is 13.5 Å². The van der Waals surface area contributed by atoms with E-state index in [1.165, 1.54) is 11.3 Å². The fraction of sp³-hybridized carbons (Fsp3) is 0.400. The SMILES string of the molecule is COc1ccc(C(CCc2ccnn2C)NN)cc1C. The molecule has 1 atom stereocenters. The third-order valence-electron chi connectivity index (χ3n) is 3.63. The molecule has 1 aromatic carbocycles. The molecule has 0 aliphatic heterocycles. The Morgan fingerprint density at radius 3 is 2.75 bits per heavy atom. The third kappa shape index (κ3) is 3.18. The molecule has 3 N–H and O–H groups in total. The van der Waals surface area contributed by atoms with Gasteiger partial charge in [0, 0.05) is 25.0 Å². The van der Waals surface area contributed by atoms with Gasteiger partial charge in [0.15, 0.2) is 0 Å². The maximum absolute atomic E-state index is 5.70. The molecule has 0 saturated carbocycles. The van der Waals surface area contributed by atoms with Crippen molar-refractivity contribution in [3.63, 3.8) is 0 Å². The highest BCUT2D eigenvalue weighted by Gasteiger charge is 2.12. The summed E-state index contributed by atoms with van der Waals surface area (Å²) in [6.07, 6.45) is 3.66. The Hall–Kier alpha value is -1.85. The van der Waals surface area contributed by atoms with Crippen LogP contribution < -0.4 is 16.0 Å². The normalized spacial score (nSPS) is 12.4. The molecule has 0 aliphatic carbocycles. The van der Waals surface area contributed by atoms with Crippen molar-refractivity contribution in [3.8, 4) is 5.75 Å². The quantitative estimate of drug-likeness (QED) is 0.623. The van der Waals surface area contributed by atoms with E-state index in [1.807, 2.05) is 37.0 Å². The first-order chi connectivity index (χ1) is 9.65. The van der Waals surface area contributed by atoms with Crippen LogP contribution in [0.2, 0.25) is 0 Å². The molecule has 1 heterocycles. The van der Waals surface area contributed by atoms with Gasteiger partial charge in [-0.2, -0.15) is 5.10 Å². The molecule has 5 nitrogen and oxygen atoms in total. The van der Waals surface area contributed by atoms with E-state index < -0.39 is 0 Å². The summed E-state index contributed by atoms with van der Waals surface area (Å²) in [7, 11) is 3.64. The molecule has 0 radical (unpaired) electrons. The number of hydrogen-bond donors (Lipinski definition) is 2. The Morgan fingerprint density at radius 1 is 1.40 bits per heavy atom. The maximum atomic E-state index is 5.70. The lowest BCUT2D eigenvalue weighted by molar-refractivity contribution is 0.411. The van der Waals surface area contributed by atoms with Crippen LogP contribution in [-0.4, -0.2) is 16.9 Å². The molecule has 20 heavy (non-hydrogen) atoms. The minimum absolute atomic E-state index is 0.120. The maximum Gasteiger partial charge on any atom is 0.121 e. The number of nitrogens with one attached hydrogen (secondary N) is 1. The molecule has 0 aliphatic rings. The Balaban J connectivity index is 2.08. The first kappa shape index (κ1) is 14.6. The molecular formula is C15H22N4O. The largest absolute Gasteiger partial charge is 0.496 e. The summed E-state index contributed by atoms with van der Waals surface area (Å²) in [5.74, 6) is 6.60. The number of hydrogen-bond acceptors (Lipinski definition) is 4. The van der Waals surface area contributed by atoms with Crippen molar-refractivity contribution in [2.24, 2.45) is 12.9 Å². The standard InChI is InChI=1S/C15H22N4O/c1-11-10-12(4-7-15(11)20-3)14(18-16)6-5-13-8-9-17-19(13)2/h4,7-10,14,18H,5-6,16H2,1-3H3. The molecule has 0 fully saturated rings. The van der Waals surface area contributed by atoms with Crippen LogP contribution in [0.25, 0.3) is 0 Å². The summed E-state index contributed by atoms with van der Waals surface area (Å²) in [4.78, 5) is 0. The molecule has 5 heteroatoms. The number of hydrazine groups is 1. The first-order valence-electron chi connectivity index (χ1n) is 6.73. The molecular weight excluding hydrogens is 252 g/mol. The Kier molecular flexibility index (Phi) is 4.76. The number of nitrogens with two attached hydrogens (primary N) is 1. The van der Waals surface area contributed by atoms with E-state index in [4.69, 9.17) is 10.6 Å². The minimum atomic E-state index is 0.120. The van der Waals surface area contributed by atoms with Crippen molar-refractivity contribution in [1.29, 1.82) is 0 Å². The molecule has 2 aromatic rings. The van der Waals surface area contributed by atoms with Gasteiger partial charge in [0.2, 0.25) is 0 Å². The van der Waals surface area contributed by atoms with Gasteiger partial charge in [0.1, 0.15) is 5.75 Å². The minimum Gasteiger partial charge on any atom is -0.496 e. The van der Waals surface area contributed by atoms with Gasteiger partial charge in [-0.1, -0.05) is 12.1 Å². The topological polar surface area (TPSA) is 65.1 Å². The second kappa shape index (κ2) is 6.54. The summed E-state index contributed by atoms with van der Waals surface area (Å²) in [5.41, 5.74) is 6.39. The van der Waals surface area contributed by atoms with Crippen molar-refractivity contribution in [2.45, 2.75) is 25.8 Å². The fourth-order valence-electron chi connectivity index (χ4n) is 2.40. The van der Waals surface area contributed by atoms with Gasteiger partial charge < -0.3 is 4.74 Å². The molecule has 1 unspecified atom stereocenters. The van der Waals surface area contributed by atoms with Gasteiger partial charge >= 0.3 is 0 Å². The molecule has 0 amide bonds. The second-order valence-electron chi connectivity index (χ2n) is 4.93. The Morgan fingerprint density at radius 2 is 2.20 bits per heavy atom. The van der Waals surface area contributed by atoms with Crippen LogP contribution in [0, 0.1) is 6.92 Å². The van der Waals surface area contributed by atoms with E-state index in [0.717, 1.165) is 24.2 Å². The van der Waals surface area contributed by atoms with Crippen molar-refractivity contribution < 1.29 is 4.74 Å². The zero-order valence-corrected chi connectivity index (χ0v) is 12.3.